The molecule has 396 valence electrons. The van der Waals surface area contributed by atoms with E-state index in [0.717, 1.165) is 18.9 Å². The number of nitrogens with one attached hydrogen (secondary N) is 7. The Bertz CT molecular complexity index is 1920. The minimum absolute atomic E-state index is 0.0558. The van der Waals surface area contributed by atoms with Gasteiger partial charge >= 0.3 is 24.0 Å². The third-order valence-electron chi connectivity index (χ3n) is 10.1. The fourth-order valence-corrected chi connectivity index (χ4v) is 6.82. The minimum atomic E-state index is -2.21. The topological polar surface area (TPSA) is 386 Å². The fraction of sp³-hybridized carbons (Fsp3) is 0.700. The number of amides is 9. The quantitative estimate of drug-likeness (QED) is 0.0374. The predicted octanol–water partition coefficient (Wildman–Crippen LogP) is -0.772. The highest BCUT2D eigenvalue weighted by Gasteiger charge is 2.42. The van der Waals surface area contributed by atoms with Gasteiger partial charge in [-0.3, -0.25) is 58.2 Å². The Labute approximate surface area is 422 Å². The highest BCUT2D eigenvalue weighted by atomic mass is 35.6. The van der Waals surface area contributed by atoms with E-state index in [1.54, 1.807) is 20.8 Å². The summed E-state index contributed by atoms with van der Waals surface area (Å²) in [6.45, 7) is 9.82. The molecule has 0 aromatic rings. The van der Waals surface area contributed by atoms with Gasteiger partial charge in [-0.15, -0.1) is 0 Å². The second-order valence-electron chi connectivity index (χ2n) is 16.7. The van der Waals surface area contributed by atoms with Crippen LogP contribution in [-0.4, -0.2) is 172 Å². The van der Waals surface area contributed by atoms with Crippen molar-refractivity contribution in [2.45, 2.75) is 151 Å². The molecule has 1 fully saturated rings. The van der Waals surface area contributed by atoms with Crippen LogP contribution in [0.1, 0.15) is 93.4 Å². The van der Waals surface area contributed by atoms with Gasteiger partial charge in [-0.05, 0) is 44.4 Å². The van der Waals surface area contributed by atoms with Crippen LogP contribution in [0.15, 0.2) is 0 Å². The second-order valence-corrected chi connectivity index (χ2v) is 19.5. The van der Waals surface area contributed by atoms with Gasteiger partial charge < -0.3 is 62.0 Å². The van der Waals surface area contributed by atoms with Gasteiger partial charge in [0.05, 0.1) is 18.9 Å². The van der Waals surface area contributed by atoms with E-state index in [4.69, 9.17) is 51.1 Å². The van der Waals surface area contributed by atoms with Crippen molar-refractivity contribution in [3.8, 4) is 0 Å². The maximum atomic E-state index is 14.1. The molecule has 70 heavy (non-hydrogen) atoms. The first-order valence-corrected chi connectivity index (χ1v) is 23.3. The number of aliphatic carboxylic acids is 3. The van der Waals surface area contributed by atoms with Crippen LogP contribution in [0.25, 0.3) is 0 Å². The number of halogens is 4. The summed E-state index contributed by atoms with van der Waals surface area (Å²) >= 11 is 22.9. The Balaban J connectivity index is 3.36. The number of rotatable bonds is 26. The first-order chi connectivity index (χ1) is 32.3. The summed E-state index contributed by atoms with van der Waals surface area (Å²) in [6, 6.07) is -11.5. The average Bonchev–Trinajstić information content (AvgIpc) is 3.73. The van der Waals surface area contributed by atoms with Gasteiger partial charge in [-0.2, -0.15) is 0 Å². The van der Waals surface area contributed by atoms with Crippen LogP contribution in [0.4, 0.5) is 4.79 Å². The fourth-order valence-electron chi connectivity index (χ4n) is 6.61. The summed E-state index contributed by atoms with van der Waals surface area (Å²) in [7, 11) is 0. The SMILES string of the molecule is CCCN(NC(=O)[C@@H]1CCCN1C(=O)[C@@H](NC(=O)[C@@H](NC(=O)[C@H](CC(=O)O)NC(=O)[C@H](CCC(=O)O)NC(=O)[C@@H](NC(=O)[C@H](CC(=O)O)NC(C)=O)[C@@H](C)O)C(C)C)C(C)C)C(=O)OC(Cl)C(Cl)(Cl)Cl. The van der Waals surface area contributed by atoms with Crippen molar-refractivity contribution in [3.63, 3.8) is 0 Å². The number of carboxylic acid groups (broad SMARTS) is 3. The van der Waals surface area contributed by atoms with Gasteiger partial charge in [-0.25, -0.2) is 9.80 Å². The molecule has 0 spiro atoms. The molecular formula is C40H61Cl4N9O17. The monoisotopic (exact) mass is 1080 g/mol. The molecule has 1 heterocycles. The summed E-state index contributed by atoms with van der Waals surface area (Å²) in [6.07, 6.45) is -5.65. The number of hydrogen-bond donors (Lipinski definition) is 11. The van der Waals surface area contributed by atoms with Crippen LogP contribution >= 0.6 is 46.4 Å². The van der Waals surface area contributed by atoms with E-state index in [1.165, 1.54) is 18.7 Å². The molecular weight excluding hydrogens is 1020 g/mol. The molecule has 9 amide bonds. The molecule has 11 N–H and O–H groups in total. The molecule has 26 nitrogen and oxygen atoms in total. The number of likely N-dealkylation sites (tertiary alicyclic amines) is 1. The van der Waals surface area contributed by atoms with E-state index in [2.05, 4.69) is 37.3 Å². The largest absolute Gasteiger partial charge is 0.481 e. The van der Waals surface area contributed by atoms with Crippen molar-refractivity contribution < 1.29 is 82.7 Å². The van der Waals surface area contributed by atoms with E-state index in [0.29, 0.717) is 12.8 Å². The third kappa shape index (κ3) is 20.9. The van der Waals surface area contributed by atoms with Gasteiger partial charge in [0.25, 0.3) is 5.91 Å². The van der Waals surface area contributed by atoms with Crippen LogP contribution in [0, 0.1) is 11.8 Å². The maximum absolute atomic E-state index is 14.1. The lowest BCUT2D eigenvalue weighted by Gasteiger charge is -2.33. The zero-order valence-corrected chi connectivity index (χ0v) is 42.2. The average molecular weight is 1080 g/mol. The van der Waals surface area contributed by atoms with Crippen LogP contribution in [0.3, 0.4) is 0 Å². The molecule has 0 radical (unpaired) electrons. The van der Waals surface area contributed by atoms with E-state index in [9.17, 15) is 78.0 Å². The molecule has 0 aliphatic carbocycles. The Morgan fingerprint density at radius 3 is 1.61 bits per heavy atom. The second kappa shape index (κ2) is 29.0. The lowest BCUT2D eigenvalue weighted by molar-refractivity contribution is -0.144. The van der Waals surface area contributed by atoms with Crippen molar-refractivity contribution >= 4 is 118 Å². The molecule has 0 aromatic heterocycles. The normalized spacial score (nSPS) is 16.9. The molecule has 0 bridgehead atoms. The number of aliphatic hydroxyl groups excluding tert-OH is 1. The van der Waals surface area contributed by atoms with E-state index in [1.807, 2.05) is 0 Å². The van der Waals surface area contributed by atoms with Crippen LogP contribution in [0.2, 0.25) is 0 Å². The Morgan fingerprint density at radius 1 is 0.686 bits per heavy atom. The molecule has 1 rings (SSSR count). The summed E-state index contributed by atoms with van der Waals surface area (Å²) in [5.74, 6) is -14.4. The highest BCUT2D eigenvalue weighted by Crippen LogP contribution is 2.34. The predicted molar refractivity (Wildman–Crippen MR) is 246 cm³/mol. The third-order valence-corrected chi connectivity index (χ3v) is 11.5. The summed E-state index contributed by atoms with van der Waals surface area (Å²) in [4.78, 5) is 156. The minimum Gasteiger partial charge on any atom is -0.481 e. The molecule has 30 heteroatoms. The van der Waals surface area contributed by atoms with Gasteiger partial charge in [-0.1, -0.05) is 81.0 Å². The lowest BCUT2D eigenvalue weighted by atomic mass is 9.98. The summed E-state index contributed by atoms with van der Waals surface area (Å²) in [5, 5.41) is 52.7. The maximum Gasteiger partial charge on any atom is 0.430 e. The lowest BCUT2D eigenvalue weighted by Crippen LogP contribution is -2.62. The zero-order chi connectivity index (χ0) is 54.0. The van der Waals surface area contributed by atoms with Gasteiger partial charge in [0.2, 0.25) is 50.7 Å². The van der Waals surface area contributed by atoms with Crippen molar-refractivity contribution in [2.24, 2.45) is 11.8 Å². The standard InChI is InChI=1S/C40H61Cl4N9O17/c1-8-13-53(39(69)70-38(41)40(42,43)44)51-34(65)24-10-9-14-52(24)37(68)29(18(4)5)49-35(66)28(17(2)3)48-33(64)23(16-27(60)61)47-31(62)21(11-12-25(56)57)46-36(67)30(19(6)54)50-32(63)22(15-26(58)59)45-20(7)55/h17-19,21-24,28-30,38,54H,8-16H2,1-7H3,(H,45,55)(H,46,67)(H,47,62)(H,48,64)(H,49,66)(H,50,63)(H,51,65)(H,56,57)(H,58,59)(H,60,61)/t19-,21+,22+,23+,24+,28+,29+,30+,38?/m1/s1. The van der Waals surface area contributed by atoms with Crippen molar-refractivity contribution in [1.82, 2.24) is 47.2 Å². The summed E-state index contributed by atoms with van der Waals surface area (Å²) in [5.41, 5.74) is 0.654. The molecule has 1 saturated heterocycles. The number of carboxylic acids is 3. The number of aliphatic hydroxyl groups is 1. The van der Waals surface area contributed by atoms with Crippen molar-refractivity contribution in [2.75, 3.05) is 13.1 Å². The number of carbonyl (C=O) groups excluding carboxylic acids is 9. The number of ether oxygens (including phenoxy) is 1. The smallest absolute Gasteiger partial charge is 0.430 e. The molecule has 9 atom stereocenters. The van der Waals surface area contributed by atoms with Gasteiger partial charge in [0, 0.05) is 26.4 Å². The van der Waals surface area contributed by atoms with Crippen molar-refractivity contribution in [3.05, 3.63) is 0 Å². The molecule has 1 aliphatic heterocycles. The van der Waals surface area contributed by atoms with Crippen molar-refractivity contribution in [1.29, 1.82) is 0 Å². The molecule has 1 unspecified atom stereocenters. The zero-order valence-electron chi connectivity index (χ0n) is 39.2. The molecule has 0 aromatic carbocycles. The van der Waals surface area contributed by atoms with E-state index >= 15 is 0 Å². The van der Waals surface area contributed by atoms with Gasteiger partial charge in [0.15, 0.2) is 0 Å². The van der Waals surface area contributed by atoms with E-state index < -0.39 is 167 Å². The Kier molecular flexibility index (Phi) is 26.0. The number of nitrogens with zero attached hydrogens (tertiary/aromatic N) is 2. The number of hydrogen-bond acceptors (Lipinski definition) is 14. The first kappa shape index (κ1) is 62.6. The molecule has 0 saturated carbocycles. The van der Waals surface area contributed by atoms with E-state index in [-0.39, 0.29) is 19.5 Å². The Morgan fingerprint density at radius 2 is 1.16 bits per heavy atom. The Hall–Kier alpha value is -5.44. The highest BCUT2D eigenvalue weighted by molar-refractivity contribution is 6.70. The van der Waals surface area contributed by atoms with Gasteiger partial charge in [0.1, 0.15) is 42.3 Å². The van der Waals surface area contributed by atoms with Crippen LogP contribution < -0.4 is 37.3 Å². The number of hydrazine groups is 1. The summed E-state index contributed by atoms with van der Waals surface area (Å²) < 4.78 is 2.74. The van der Waals surface area contributed by atoms with Crippen LogP contribution in [-0.2, 0) is 57.5 Å². The number of carbonyl (C=O) groups is 12. The first-order valence-electron chi connectivity index (χ1n) is 21.7. The van der Waals surface area contributed by atoms with Crippen LogP contribution in [0.5, 0.6) is 0 Å². The molecule has 1 aliphatic rings. The number of alkyl halides is 4.